The number of aromatic nitrogens is 1. The smallest absolute Gasteiger partial charge is 0.269 e. The van der Waals surface area contributed by atoms with E-state index in [9.17, 15) is 4.79 Å². The van der Waals surface area contributed by atoms with E-state index in [4.69, 9.17) is 9.47 Å². The molecule has 0 radical (unpaired) electrons. The first-order chi connectivity index (χ1) is 14.2. The zero-order valence-corrected chi connectivity index (χ0v) is 16.4. The SMILES string of the molecule is COc1ccc(OCCNC(=O)c2ccc(NCCc3ccccc3)cn2)cc1. The maximum atomic E-state index is 12.2. The van der Waals surface area contributed by atoms with Gasteiger partial charge in [0.05, 0.1) is 25.5 Å². The van der Waals surface area contributed by atoms with Crippen molar-refractivity contribution >= 4 is 11.6 Å². The van der Waals surface area contributed by atoms with Crippen LogP contribution in [0.2, 0.25) is 0 Å². The van der Waals surface area contributed by atoms with Crippen LogP contribution in [-0.4, -0.2) is 37.7 Å². The highest BCUT2D eigenvalue weighted by atomic mass is 16.5. The number of methoxy groups -OCH3 is 1. The molecule has 6 heteroatoms. The van der Waals surface area contributed by atoms with Crippen molar-refractivity contribution in [3.8, 4) is 11.5 Å². The molecule has 0 spiro atoms. The highest BCUT2D eigenvalue weighted by Gasteiger charge is 2.06. The molecule has 1 heterocycles. The molecule has 0 saturated heterocycles. The number of hydrogen-bond acceptors (Lipinski definition) is 5. The summed E-state index contributed by atoms with van der Waals surface area (Å²) in [6.45, 7) is 1.57. The number of rotatable bonds is 10. The molecule has 0 aliphatic rings. The van der Waals surface area contributed by atoms with Crippen LogP contribution < -0.4 is 20.1 Å². The third-order valence-corrected chi connectivity index (χ3v) is 4.30. The summed E-state index contributed by atoms with van der Waals surface area (Å²) in [7, 11) is 1.62. The van der Waals surface area contributed by atoms with Gasteiger partial charge in [0, 0.05) is 6.54 Å². The molecule has 3 rings (SSSR count). The minimum absolute atomic E-state index is 0.223. The van der Waals surface area contributed by atoms with Crippen LogP contribution in [0.4, 0.5) is 5.69 Å². The van der Waals surface area contributed by atoms with Crippen molar-refractivity contribution in [3.05, 3.63) is 84.2 Å². The number of carbonyl (C=O) groups excluding carboxylic acids is 1. The number of hydrogen-bond donors (Lipinski definition) is 2. The van der Waals surface area contributed by atoms with E-state index >= 15 is 0 Å². The number of pyridine rings is 1. The van der Waals surface area contributed by atoms with Crippen LogP contribution in [0.3, 0.4) is 0 Å². The van der Waals surface area contributed by atoms with Crippen LogP contribution in [-0.2, 0) is 6.42 Å². The van der Waals surface area contributed by atoms with Crippen molar-refractivity contribution in [2.45, 2.75) is 6.42 Å². The summed E-state index contributed by atoms with van der Waals surface area (Å²) < 4.78 is 10.7. The Balaban J connectivity index is 1.36. The number of nitrogens with one attached hydrogen (secondary N) is 2. The Labute approximate surface area is 170 Å². The Bertz CT molecular complexity index is 882. The fourth-order valence-corrected chi connectivity index (χ4v) is 2.72. The van der Waals surface area contributed by atoms with Crippen molar-refractivity contribution < 1.29 is 14.3 Å². The Morgan fingerprint density at radius 2 is 1.69 bits per heavy atom. The monoisotopic (exact) mass is 391 g/mol. The lowest BCUT2D eigenvalue weighted by Gasteiger charge is -2.09. The molecule has 150 valence electrons. The molecule has 3 aromatic rings. The van der Waals surface area contributed by atoms with Crippen LogP contribution in [0.25, 0.3) is 0 Å². The van der Waals surface area contributed by atoms with Crippen LogP contribution >= 0.6 is 0 Å². The van der Waals surface area contributed by atoms with Gasteiger partial charge in [-0.3, -0.25) is 4.79 Å². The lowest BCUT2D eigenvalue weighted by molar-refractivity contribution is 0.0942. The Morgan fingerprint density at radius 1 is 0.931 bits per heavy atom. The highest BCUT2D eigenvalue weighted by molar-refractivity contribution is 5.92. The molecule has 0 saturated carbocycles. The van der Waals surface area contributed by atoms with Gasteiger partial charge in [0.1, 0.15) is 23.8 Å². The second-order valence-corrected chi connectivity index (χ2v) is 6.37. The molecule has 0 atom stereocenters. The third kappa shape index (κ3) is 6.53. The van der Waals surface area contributed by atoms with E-state index < -0.39 is 0 Å². The largest absolute Gasteiger partial charge is 0.497 e. The van der Waals surface area contributed by atoms with Crippen molar-refractivity contribution in [3.63, 3.8) is 0 Å². The van der Waals surface area contributed by atoms with E-state index in [2.05, 4.69) is 27.8 Å². The second kappa shape index (κ2) is 10.7. The Morgan fingerprint density at radius 3 is 2.38 bits per heavy atom. The lowest BCUT2D eigenvalue weighted by atomic mass is 10.1. The van der Waals surface area contributed by atoms with Gasteiger partial charge in [0.2, 0.25) is 0 Å². The van der Waals surface area contributed by atoms with Gasteiger partial charge in [-0.25, -0.2) is 4.98 Å². The maximum Gasteiger partial charge on any atom is 0.269 e. The fraction of sp³-hybridized carbons (Fsp3) is 0.217. The van der Waals surface area contributed by atoms with E-state index in [1.54, 1.807) is 19.4 Å². The number of carbonyl (C=O) groups is 1. The third-order valence-electron chi connectivity index (χ3n) is 4.30. The van der Waals surface area contributed by atoms with Crippen molar-refractivity contribution in [1.82, 2.24) is 10.3 Å². The van der Waals surface area contributed by atoms with E-state index in [0.717, 1.165) is 30.2 Å². The fourth-order valence-electron chi connectivity index (χ4n) is 2.72. The summed E-state index contributed by atoms with van der Waals surface area (Å²) in [6.07, 6.45) is 2.60. The number of benzene rings is 2. The molecule has 0 unspecified atom stereocenters. The first-order valence-corrected chi connectivity index (χ1v) is 9.53. The van der Waals surface area contributed by atoms with Gasteiger partial charge < -0.3 is 20.1 Å². The molecular formula is C23H25N3O3. The number of anilines is 1. The zero-order valence-electron chi connectivity index (χ0n) is 16.4. The van der Waals surface area contributed by atoms with Gasteiger partial charge in [-0.15, -0.1) is 0 Å². The molecule has 0 aliphatic carbocycles. The molecule has 0 aliphatic heterocycles. The molecule has 1 aromatic heterocycles. The van der Waals surface area contributed by atoms with Gasteiger partial charge in [-0.2, -0.15) is 0 Å². The van der Waals surface area contributed by atoms with E-state index in [0.29, 0.717) is 18.8 Å². The Hall–Kier alpha value is -3.54. The van der Waals surface area contributed by atoms with Crippen LogP contribution in [0.1, 0.15) is 16.1 Å². The van der Waals surface area contributed by atoms with Crippen molar-refractivity contribution in [1.29, 1.82) is 0 Å². The minimum atomic E-state index is -0.223. The van der Waals surface area contributed by atoms with Gasteiger partial charge in [-0.1, -0.05) is 30.3 Å². The van der Waals surface area contributed by atoms with Gasteiger partial charge in [0.25, 0.3) is 5.91 Å². The molecule has 0 fully saturated rings. The summed E-state index contributed by atoms with van der Waals surface area (Å²) in [5, 5.41) is 6.12. The second-order valence-electron chi connectivity index (χ2n) is 6.37. The van der Waals surface area contributed by atoms with Gasteiger partial charge in [-0.05, 0) is 48.4 Å². The topological polar surface area (TPSA) is 72.5 Å². The quantitative estimate of drug-likeness (QED) is 0.517. The number of ether oxygens (including phenoxy) is 2. The first kappa shape index (κ1) is 20.2. The Kier molecular flexibility index (Phi) is 7.46. The van der Waals surface area contributed by atoms with E-state index in [1.807, 2.05) is 48.5 Å². The van der Waals surface area contributed by atoms with Gasteiger partial charge in [0.15, 0.2) is 0 Å². The molecule has 0 bridgehead atoms. The predicted molar refractivity (Wildman–Crippen MR) is 114 cm³/mol. The average Bonchev–Trinajstić information content (AvgIpc) is 2.78. The molecule has 2 aromatic carbocycles. The maximum absolute atomic E-state index is 12.2. The minimum Gasteiger partial charge on any atom is -0.497 e. The molecule has 2 N–H and O–H groups in total. The van der Waals surface area contributed by atoms with Gasteiger partial charge >= 0.3 is 0 Å². The lowest BCUT2D eigenvalue weighted by Crippen LogP contribution is -2.28. The van der Waals surface area contributed by atoms with E-state index in [1.165, 1.54) is 5.56 Å². The standard InChI is InChI=1S/C23H25N3O3/c1-28-20-8-10-21(11-9-20)29-16-15-25-23(27)22-12-7-19(17-26-22)24-14-13-18-5-3-2-4-6-18/h2-12,17,24H,13-16H2,1H3,(H,25,27). The van der Waals surface area contributed by atoms with E-state index in [-0.39, 0.29) is 5.91 Å². The van der Waals surface area contributed by atoms with Crippen LogP contribution in [0.15, 0.2) is 72.9 Å². The highest BCUT2D eigenvalue weighted by Crippen LogP contribution is 2.16. The first-order valence-electron chi connectivity index (χ1n) is 9.53. The number of amides is 1. The van der Waals surface area contributed by atoms with Crippen LogP contribution in [0.5, 0.6) is 11.5 Å². The summed E-state index contributed by atoms with van der Waals surface area (Å²) in [5.41, 5.74) is 2.55. The molecule has 29 heavy (non-hydrogen) atoms. The summed E-state index contributed by atoms with van der Waals surface area (Å²) in [4.78, 5) is 16.4. The normalized spacial score (nSPS) is 10.2. The number of nitrogens with zero attached hydrogens (tertiary/aromatic N) is 1. The average molecular weight is 391 g/mol. The van der Waals surface area contributed by atoms with Crippen LogP contribution in [0, 0.1) is 0 Å². The van der Waals surface area contributed by atoms with Crippen molar-refractivity contribution in [2.24, 2.45) is 0 Å². The molecular weight excluding hydrogens is 366 g/mol. The molecule has 1 amide bonds. The van der Waals surface area contributed by atoms with Crippen molar-refractivity contribution in [2.75, 3.05) is 32.1 Å². The predicted octanol–water partition coefficient (Wildman–Crippen LogP) is 3.55. The molecule has 6 nitrogen and oxygen atoms in total. The summed E-state index contributed by atoms with van der Waals surface area (Å²) >= 11 is 0. The summed E-state index contributed by atoms with van der Waals surface area (Å²) in [5.74, 6) is 1.28. The summed E-state index contributed by atoms with van der Waals surface area (Å²) in [6, 6.07) is 21.2. The zero-order chi connectivity index (χ0) is 20.3.